The molecule has 130 valence electrons. The summed E-state index contributed by atoms with van der Waals surface area (Å²) in [4.78, 5) is 44.6. The number of hydrogen-bond donors (Lipinski definition) is 2. The van der Waals surface area contributed by atoms with Gasteiger partial charge in [0.25, 0.3) is 5.56 Å². The Bertz CT molecular complexity index is 867. The second-order valence-corrected chi connectivity index (χ2v) is 6.74. The summed E-state index contributed by atoms with van der Waals surface area (Å²) in [5, 5.41) is 3.86. The molecular weight excluding hydrogens is 320 g/mol. The lowest BCUT2D eigenvalue weighted by Crippen LogP contribution is -2.43. The zero-order chi connectivity index (χ0) is 17.4. The molecular formula is C18H20N4O3. The molecule has 1 aromatic carbocycles. The molecule has 1 aliphatic heterocycles. The number of carbonyl (C=O) groups is 2. The SMILES string of the molecule is O=C1CCC(=O)N1C1CCC(Nc2nc3ccccc3c(=O)[nH]2)CC1. The number of aromatic nitrogens is 2. The Morgan fingerprint density at radius 2 is 1.68 bits per heavy atom. The van der Waals surface area contributed by atoms with Gasteiger partial charge in [-0.05, 0) is 37.8 Å². The van der Waals surface area contributed by atoms with Crippen LogP contribution in [-0.2, 0) is 9.59 Å². The summed E-state index contributed by atoms with van der Waals surface area (Å²) in [7, 11) is 0. The summed E-state index contributed by atoms with van der Waals surface area (Å²) in [5.41, 5.74) is 0.505. The van der Waals surface area contributed by atoms with Crippen molar-refractivity contribution < 1.29 is 9.59 Å². The lowest BCUT2D eigenvalue weighted by atomic mass is 9.90. The number of imide groups is 1. The smallest absolute Gasteiger partial charge is 0.260 e. The van der Waals surface area contributed by atoms with Crippen LogP contribution < -0.4 is 10.9 Å². The van der Waals surface area contributed by atoms with Gasteiger partial charge < -0.3 is 5.32 Å². The standard InChI is InChI=1S/C18H20N4O3/c23-15-9-10-16(24)22(15)12-7-5-11(6-8-12)19-18-20-14-4-2-1-3-13(14)17(25)21-18/h1-4,11-12H,5-10H2,(H2,19,20,21,25). The Morgan fingerprint density at radius 3 is 2.40 bits per heavy atom. The minimum atomic E-state index is -0.157. The molecule has 0 atom stereocenters. The van der Waals surface area contributed by atoms with Gasteiger partial charge in [-0.15, -0.1) is 0 Å². The summed E-state index contributed by atoms with van der Waals surface area (Å²) in [5.74, 6) is 0.393. The van der Waals surface area contributed by atoms with Crippen LogP contribution in [0.3, 0.4) is 0 Å². The Hall–Kier alpha value is -2.70. The van der Waals surface area contributed by atoms with E-state index in [2.05, 4.69) is 15.3 Å². The van der Waals surface area contributed by atoms with Crippen molar-refractivity contribution in [1.82, 2.24) is 14.9 Å². The number of aromatic amines is 1. The molecule has 1 saturated carbocycles. The zero-order valence-corrected chi connectivity index (χ0v) is 13.8. The first-order valence-electron chi connectivity index (χ1n) is 8.72. The minimum absolute atomic E-state index is 0.0177. The first kappa shape index (κ1) is 15.8. The van der Waals surface area contributed by atoms with Crippen LogP contribution in [0.5, 0.6) is 0 Å². The van der Waals surface area contributed by atoms with Crippen LogP contribution in [0.15, 0.2) is 29.1 Å². The molecule has 7 nitrogen and oxygen atoms in total. The van der Waals surface area contributed by atoms with Gasteiger partial charge in [-0.3, -0.25) is 24.3 Å². The fourth-order valence-corrected chi connectivity index (χ4v) is 3.83. The topological polar surface area (TPSA) is 95.2 Å². The number of fused-ring (bicyclic) bond motifs is 1. The molecule has 25 heavy (non-hydrogen) atoms. The number of amides is 2. The number of anilines is 1. The molecule has 0 unspecified atom stereocenters. The van der Waals surface area contributed by atoms with Crippen molar-refractivity contribution >= 4 is 28.7 Å². The molecule has 7 heteroatoms. The predicted molar refractivity (Wildman–Crippen MR) is 93.1 cm³/mol. The van der Waals surface area contributed by atoms with Crippen LogP contribution in [0.25, 0.3) is 10.9 Å². The molecule has 0 bridgehead atoms. The maximum atomic E-state index is 12.1. The number of carbonyl (C=O) groups excluding carboxylic acids is 2. The van der Waals surface area contributed by atoms with Crippen LogP contribution in [-0.4, -0.2) is 38.8 Å². The Morgan fingerprint density at radius 1 is 1.00 bits per heavy atom. The van der Waals surface area contributed by atoms with E-state index in [1.54, 1.807) is 6.07 Å². The van der Waals surface area contributed by atoms with Crippen molar-refractivity contribution in [2.45, 2.75) is 50.6 Å². The van der Waals surface area contributed by atoms with Gasteiger partial charge in [0, 0.05) is 24.9 Å². The molecule has 1 saturated heterocycles. The molecule has 2 amide bonds. The molecule has 2 N–H and O–H groups in total. The summed E-state index contributed by atoms with van der Waals surface area (Å²) < 4.78 is 0. The quantitative estimate of drug-likeness (QED) is 0.831. The monoisotopic (exact) mass is 340 g/mol. The van der Waals surface area contributed by atoms with Crippen molar-refractivity contribution in [3.05, 3.63) is 34.6 Å². The molecule has 2 aliphatic rings. The van der Waals surface area contributed by atoms with Crippen molar-refractivity contribution in [2.75, 3.05) is 5.32 Å². The van der Waals surface area contributed by atoms with E-state index >= 15 is 0 Å². The van der Waals surface area contributed by atoms with Crippen molar-refractivity contribution in [3.63, 3.8) is 0 Å². The third kappa shape index (κ3) is 3.01. The third-order valence-corrected chi connectivity index (χ3v) is 5.11. The van der Waals surface area contributed by atoms with Crippen LogP contribution in [0.4, 0.5) is 5.95 Å². The highest BCUT2D eigenvalue weighted by Crippen LogP contribution is 2.28. The van der Waals surface area contributed by atoms with E-state index in [0.29, 0.717) is 29.7 Å². The Kier molecular flexibility index (Phi) is 3.99. The molecule has 2 fully saturated rings. The molecule has 1 aromatic heterocycles. The average Bonchev–Trinajstić information content (AvgIpc) is 2.94. The van der Waals surface area contributed by atoms with Gasteiger partial charge in [-0.1, -0.05) is 12.1 Å². The average molecular weight is 340 g/mol. The number of rotatable bonds is 3. The summed E-state index contributed by atoms with van der Waals surface area (Å²) in [6, 6.07) is 7.43. The molecule has 0 radical (unpaired) electrons. The van der Waals surface area contributed by atoms with Gasteiger partial charge in [-0.25, -0.2) is 4.98 Å². The number of nitrogens with zero attached hydrogens (tertiary/aromatic N) is 2. The van der Waals surface area contributed by atoms with E-state index in [1.165, 1.54) is 4.90 Å². The fourth-order valence-electron chi connectivity index (χ4n) is 3.83. The van der Waals surface area contributed by atoms with E-state index in [4.69, 9.17) is 0 Å². The number of para-hydroxylation sites is 1. The molecule has 1 aliphatic carbocycles. The van der Waals surface area contributed by atoms with Gasteiger partial charge >= 0.3 is 0 Å². The zero-order valence-electron chi connectivity index (χ0n) is 13.8. The Labute approximate surface area is 144 Å². The lowest BCUT2D eigenvalue weighted by Gasteiger charge is -2.33. The maximum Gasteiger partial charge on any atom is 0.260 e. The third-order valence-electron chi connectivity index (χ3n) is 5.11. The molecule has 2 heterocycles. The number of H-pyrrole nitrogens is 1. The first-order valence-corrected chi connectivity index (χ1v) is 8.72. The predicted octanol–water partition coefficient (Wildman–Crippen LogP) is 1.80. The Balaban J connectivity index is 1.43. The van der Waals surface area contributed by atoms with E-state index < -0.39 is 0 Å². The van der Waals surface area contributed by atoms with Gasteiger partial charge in [0.15, 0.2) is 0 Å². The molecule has 2 aromatic rings. The highest BCUT2D eigenvalue weighted by molar-refractivity contribution is 6.02. The number of likely N-dealkylation sites (tertiary alicyclic amines) is 1. The van der Waals surface area contributed by atoms with Gasteiger partial charge in [0.05, 0.1) is 10.9 Å². The number of hydrogen-bond acceptors (Lipinski definition) is 5. The number of benzene rings is 1. The van der Waals surface area contributed by atoms with E-state index in [9.17, 15) is 14.4 Å². The number of nitrogens with one attached hydrogen (secondary N) is 2. The summed E-state index contributed by atoms with van der Waals surface area (Å²) in [6.45, 7) is 0. The van der Waals surface area contributed by atoms with Gasteiger partial charge in [-0.2, -0.15) is 0 Å². The normalized spacial score (nSPS) is 24.1. The largest absolute Gasteiger partial charge is 0.353 e. The molecule has 4 rings (SSSR count). The highest BCUT2D eigenvalue weighted by atomic mass is 16.2. The van der Waals surface area contributed by atoms with E-state index in [0.717, 1.165) is 25.7 Å². The maximum absolute atomic E-state index is 12.1. The summed E-state index contributed by atoms with van der Waals surface area (Å²) in [6.07, 6.45) is 3.93. The van der Waals surface area contributed by atoms with Crippen LogP contribution >= 0.6 is 0 Å². The fraction of sp³-hybridized carbons (Fsp3) is 0.444. The first-order chi connectivity index (χ1) is 12.1. The minimum Gasteiger partial charge on any atom is -0.353 e. The summed E-state index contributed by atoms with van der Waals surface area (Å²) >= 11 is 0. The van der Waals surface area contributed by atoms with Crippen molar-refractivity contribution in [3.8, 4) is 0 Å². The van der Waals surface area contributed by atoms with Crippen LogP contribution in [0.1, 0.15) is 38.5 Å². The second kappa shape index (κ2) is 6.31. The lowest BCUT2D eigenvalue weighted by molar-refractivity contribution is -0.141. The van der Waals surface area contributed by atoms with Crippen LogP contribution in [0.2, 0.25) is 0 Å². The molecule has 0 spiro atoms. The van der Waals surface area contributed by atoms with E-state index in [1.807, 2.05) is 18.2 Å². The highest BCUT2D eigenvalue weighted by Gasteiger charge is 2.36. The van der Waals surface area contributed by atoms with Crippen molar-refractivity contribution in [2.24, 2.45) is 0 Å². The van der Waals surface area contributed by atoms with Gasteiger partial charge in [0.1, 0.15) is 0 Å². The van der Waals surface area contributed by atoms with Crippen molar-refractivity contribution in [1.29, 1.82) is 0 Å². The second-order valence-electron chi connectivity index (χ2n) is 6.74. The van der Waals surface area contributed by atoms with E-state index in [-0.39, 0.29) is 29.5 Å². The van der Waals surface area contributed by atoms with Crippen LogP contribution in [0, 0.1) is 0 Å². The van der Waals surface area contributed by atoms with Gasteiger partial charge in [0.2, 0.25) is 17.8 Å².